The molecule has 3 saturated heterocycles. The van der Waals surface area contributed by atoms with Gasteiger partial charge in [0.1, 0.15) is 31.0 Å². The Morgan fingerprint density at radius 1 is 0.933 bits per heavy atom. The predicted octanol–water partition coefficient (Wildman–Crippen LogP) is -3.82. The van der Waals surface area contributed by atoms with E-state index in [0.717, 1.165) is 0 Å². The van der Waals surface area contributed by atoms with Crippen LogP contribution in [0, 0.1) is 0 Å². The van der Waals surface area contributed by atoms with Crippen molar-refractivity contribution in [3.8, 4) is 0 Å². The first kappa shape index (κ1) is 23.7. The third-order valence-corrected chi connectivity index (χ3v) is 5.97. The van der Waals surface area contributed by atoms with E-state index in [9.17, 15) is 40.9 Å². The number of rotatable bonds is 9. The Hall–Kier alpha value is -1.00. The van der Waals surface area contributed by atoms with Crippen molar-refractivity contribution < 1.29 is 59.8 Å². The molecule has 3 aliphatic rings. The summed E-state index contributed by atoms with van der Waals surface area (Å²) in [6.45, 7) is 4.36. The van der Waals surface area contributed by atoms with E-state index in [1.807, 2.05) is 0 Å². The van der Waals surface area contributed by atoms with E-state index in [4.69, 9.17) is 18.9 Å². The molecular formula is C18H28O12. The van der Waals surface area contributed by atoms with E-state index >= 15 is 0 Å². The molecule has 0 spiro atoms. The van der Waals surface area contributed by atoms with E-state index in [2.05, 4.69) is 13.2 Å². The Bertz CT molecular complexity index is 690. The largest absolute Gasteiger partial charge is 0.394 e. The molecule has 0 bridgehead atoms. The Morgan fingerprint density at radius 2 is 1.57 bits per heavy atom. The third kappa shape index (κ3) is 2.78. The number of hydrogen-bond acceptors (Lipinski definition) is 12. The Kier molecular flexibility index (Phi) is 5.95. The van der Waals surface area contributed by atoms with Crippen LogP contribution in [-0.2, 0) is 18.9 Å². The Balaban J connectivity index is 2.13. The molecule has 3 rings (SSSR count). The molecule has 0 aromatic rings. The van der Waals surface area contributed by atoms with Crippen LogP contribution in [0.15, 0.2) is 25.3 Å². The molecule has 0 aromatic carbocycles. The highest BCUT2D eigenvalue weighted by Crippen LogP contribution is 2.64. The number of hydrogen-bond donors (Lipinski definition) is 8. The summed E-state index contributed by atoms with van der Waals surface area (Å²) in [5.74, 6) is -10.0. The van der Waals surface area contributed by atoms with Gasteiger partial charge in [-0.25, -0.2) is 0 Å². The highest BCUT2D eigenvalue weighted by Gasteiger charge is 2.91. The summed E-state index contributed by atoms with van der Waals surface area (Å²) in [6.07, 6.45) is -5.09. The fourth-order valence-electron chi connectivity index (χ4n) is 4.28. The maximum atomic E-state index is 11.5. The van der Waals surface area contributed by atoms with Gasteiger partial charge in [-0.3, -0.25) is 0 Å². The van der Waals surface area contributed by atoms with Crippen molar-refractivity contribution in [1.82, 2.24) is 0 Å². The highest BCUT2D eigenvalue weighted by atomic mass is 16.9. The van der Waals surface area contributed by atoms with Gasteiger partial charge in [-0.15, -0.1) is 13.2 Å². The maximum absolute atomic E-state index is 11.5. The van der Waals surface area contributed by atoms with Gasteiger partial charge >= 0.3 is 0 Å². The normalized spacial score (nSPS) is 52.7. The lowest BCUT2D eigenvalue weighted by molar-refractivity contribution is -0.457. The molecule has 3 heterocycles. The number of fused-ring (bicyclic) bond motifs is 1. The van der Waals surface area contributed by atoms with Crippen LogP contribution in [0.5, 0.6) is 0 Å². The van der Waals surface area contributed by atoms with Gasteiger partial charge in [0.05, 0.1) is 13.2 Å². The third-order valence-electron chi connectivity index (χ3n) is 5.97. The minimum absolute atomic E-state index is 0.423. The molecule has 30 heavy (non-hydrogen) atoms. The quantitative estimate of drug-likeness (QED) is 0.129. The fraction of sp³-hybridized carbons (Fsp3) is 0.778. The van der Waals surface area contributed by atoms with Gasteiger partial charge in [0.15, 0.2) is 5.60 Å². The van der Waals surface area contributed by atoms with Gasteiger partial charge in [0, 0.05) is 12.8 Å². The van der Waals surface area contributed by atoms with E-state index in [1.54, 1.807) is 0 Å². The van der Waals surface area contributed by atoms with E-state index in [0.29, 0.717) is 0 Å². The van der Waals surface area contributed by atoms with Gasteiger partial charge in [-0.1, -0.05) is 12.2 Å². The first-order valence-corrected chi connectivity index (χ1v) is 9.34. The predicted molar refractivity (Wildman–Crippen MR) is 95.1 cm³/mol. The van der Waals surface area contributed by atoms with Crippen LogP contribution in [0.25, 0.3) is 0 Å². The summed E-state index contributed by atoms with van der Waals surface area (Å²) in [6, 6.07) is 0. The number of aliphatic hydroxyl groups excluding tert-OH is 5. The lowest BCUT2D eigenvalue weighted by Crippen LogP contribution is -2.76. The average molecular weight is 436 g/mol. The molecule has 12 nitrogen and oxygen atoms in total. The summed E-state index contributed by atoms with van der Waals surface area (Å²) < 4.78 is 21.8. The van der Waals surface area contributed by atoms with Crippen LogP contribution in [0.1, 0.15) is 12.8 Å². The summed E-state index contributed by atoms with van der Waals surface area (Å²) in [5.41, 5.74) is -2.61. The van der Waals surface area contributed by atoms with Crippen LogP contribution >= 0.6 is 0 Å². The molecule has 12 heteroatoms. The monoisotopic (exact) mass is 436 g/mol. The molecule has 1 unspecified atom stereocenters. The molecule has 0 aliphatic carbocycles. The summed E-state index contributed by atoms with van der Waals surface area (Å²) in [7, 11) is 0. The molecular weight excluding hydrogens is 408 g/mol. The lowest BCUT2D eigenvalue weighted by Gasteiger charge is -2.54. The number of ether oxygens (including phenoxy) is 4. The van der Waals surface area contributed by atoms with Crippen molar-refractivity contribution >= 4 is 0 Å². The van der Waals surface area contributed by atoms with Crippen molar-refractivity contribution in [1.29, 1.82) is 0 Å². The van der Waals surface area contributed by atoms with Crippen molar-refractivity contribution in [3.63, 3.8) is 0 Å². The molecule has 172 valence electrons. The van der Waals surface area contributed by atoms with Gasteiger partial charge in [0.25, 0.3) is 11.6 Å². The lowest BCUT2D eigenvalue weighted by atomic mass is 9.75. The molecule has 0 radical (unpaired) electrons. The summed E-state index contributed by atoms with van der Waals surface area (Å²) in [4.78, 5) is 0. The van der Waals surface area contributed by atoms with Crippen molar-refractivity contribution in [2.24, 2.45) is 0 Å². The zero-order chi connectivity index (χ0) is 22.6. The van der Waals surface area contributed by atoms with Crippen LogP contribution in [0.2, 0.25) is 0 Å². The maximum Gasteiger partial charge on any atom is 0.262 e. The van der Waals surface area contributed by atoms with Gasteiger partial charge in [-0.05, 0) is 0 Å². The Morgan fingerprint density at radius 3 is 2.03 bits per heavy atom. The molecule has 3 fully saturated rings. The van der Waals surface area contributed by atoms with Crippen molar-refractivity contribution in [3.05, 3.63) is 25.3 Å². The first-order valence-electron chi connectivity index (χ1n) is 9.34. The molecule has 0 amide bonds. The van der Waals surface area contributed by atoms with E-state index in [1.165, 1.54) is 12.2 Å². The zero-order valence-electron chi connectivity index (χ0n) is 16.1. The SMILES string of the molecule is C=CC[C@@]1(OC2(CO)O[C@H](CO)[C@@H](O)[C@@H]2O)O[C@H](CO)[C@]2(O)O[C@@]2(O)[C@]1(O)CC=C. The number of aliphatic hydroxyl groups is 8. The van der Waals surface area contributed by atoms with Gasteiger partial charge in [0.2, 0.25) is 11.6 Å². The summed E-state index contributed by atoms with van der Waals surface area (Å²) in [5, 5.41) is 82.6. The first-order chi connectivity index (χ1) is 14.0. The fourth-order valence-corrected chi connectivity index (χ4v) is 4.28. The number of epoxide rings is 1. The van der Waals surface area contributed by atoms with E-state index < -0.39 is 85.8 Å². The summed E-state index contributed by atoms with van der Waals surface area (Å²) >= 11 is 0. The molecule has 0 aromatic heterocycles. The second-order valence-corrected chi connectivity index (χ2v) is 7.68. The van der Waals surface area contributed by atoms with Crippen molar-refractivity contribution in [2.75, 3.05) is 19.8 Å². The Labute approximate surface area is 171 Å². The standard InChI is InChI=1S/C18H28O12/c1-3-5-15(24)16(6-4-2,28-11(8-20)17(25)18(15,26)30-17)29-14(9-21)13(23)12(22)10(7-19)27-14/h3-4,10-13,19-26H,1-2,5-9H2/t10-,11-,12-,13+,14?,15+,16+,17+,18+/m1/s1. The molecule has 8 N–H and O–H groups in total. The second kappa shape index (κ2) is 7.55. The van der Waals surface area contributed by atoms with Crippen molar-refractivity contribution in [2.45, 2.75) is 66.0 Å². The van der Waals surface area contributed by atoms with Crippen LogP contribution in [0.3, 0.4) is 0 Å². The van der Waals surface area contributed by atoms with Gasteiger partial charge in [-0.2, -0.15) is 0 Å². The van der Waals surface area contributed by atoms with Crippen LogP contribution in [0.4, 0.5) is 0 Å². The van der Waals surface area contributed by atoms with Crippen LogP contribution in [-0.4, -0.2) is 114 Å². The van der Waals surface area contributed by atoms with Gasteiger partial charge < -0.3 is 59.8 Å². The zero-order valence-corrected chi connectivity index (χ0v) is 16.1. The van der Waals surface area contributed by atoms with E-state index in [-0.39, 0.29) is 0 Å². The minimum Gasteiger partial charge on any atom is -0.394 e. The molecule has 9 atom stereocenters. The topological polar surface area (TPSA) is 202 Å². The molecule has 3 aliphatic heterocycles. The minimum atomic E-state index is -2.70. The van der Waals surface area contributed by atoms with Crippen LogP contribution < -0.4 is 0 Å². The second-order valence-electron chi connectivity index (χ2n) is 7.68. The average Bonchev–Trinajstić information content (AvgIpc) is 3.23. The smallest absolute Gasteiger partial charge is 0.262 e. The molecule has 0 saturated carbocycles. The highest BCUT2D eigenvalue weighted by molar-refractivity contribution is 5.26.